The Morgan fingerprint density at radius 3 is 2.77 bits per heavy atom. The van der Waals surface area contributed by atoms with Crippen LogP contribution in [0.5, 0.6) is 5.75 Å². The molecule has 0 saturated carbocycles. The highest BCUT2D eigenvalue weighted by atomic mass is 16.7. The lowest BCUT2D eigenvalue weighted by atomic mass is 10.1. The first-order valence-electron chi connectivity index (χ1n) is 9.24. The average Bonchev–Trinajstić information content (AvgIpc) is 2.63. The Hall–Kier alpha value is -1.92. The normalized spacial score (nSPS) is 16.9. The SMILES string of the molecule is CC(=O)CC(=O)OCCOc1ccccc1CCCOC1CCCCO1. The molecule has 1 aliphatic rings. The number of hydrogen-bond donors (Lipinski definition) is 0. The summed E-state index contributed by atoms with van der Waals surface area (Å²) in [7, 11) is 0. The summed E-state index contributed by atoms with van der Waals surface area (Å²) in [4.78, 5) is 22.1. The number of aryl methyl sites for hydroxylation is 1. The monoisotopic (exact) mass is 364 g/mol. The minimum Gasteiger partial charge on any atom is -0.490 e. The van der Waals surface area contributed by atoms with Crippen molar-refractivity contribution in [2.45, 2.75) is 51.7 Å². The van der Waals surface area contributed by atoms with Gasteiger partial charge in [0.25, 0.3) is 0 Å². The fraction of sp³-hybridized carbons (Fsp3) is 0.600. The number of para-hydroxylation sites is 1. The number of hydrogen-bond acceptors (Lipinski definition) is 6. The number of carbonyl (C=O) groups is 2. The van der Waals surface area contributed by atoms with Crippen LogP contribution in [-0.2, 0) is 30.2 Å². The van der Waals surface area contributed by atoms with Crippen LogP contribution in [0.25, 0.3) is 0 Å². The number of benzene rings is 1. The Labute approximate surface area is 154 Å². The van der Waals surface area contributed by atoms with Crippen LogP contribution in [0, 0.1) is 0 Å². The van der Waals surface area contributed by atoms with Gasteiger partial charge in [-0.1, -0.05) is 18.2 Å². The van der Waals surface area contributed by atoms with Gasteiger partial charge in [-0.2, -0.15) is 0 Å². The third-order valence-electron chi connectivity index (χ3n) is 4.00. The number of carbonyl (C=O) groups excluding carboxylic acids is 2. The molecule has 1 atom stereocenters. The summed E-state index contributed by atoms with van der Waals surface area (Å²) in [6.45, 7) is 3.19. The Balaban J connectivity index is 1.66. The lowest BCUT2D eigenvalue weighted by Crippen LogP contribution is -2.22. The Morgan fingerprint density at radius 1 is 1.15 bits per heavy atom. The second kappa shape index (κ2) is 11.6. The van der Waals surface area contributed by atoms with Gasteiger partial charge in [0.1, 0.15) is 31.2 Å². The minimum absolute atomic E-state index is 0.0556. The first kappa shape index (κ1) is 20.4. The molecule has 1 heterocycles. The highest BCUT2D eigenvalue weighted by Crippen LogP contribution is 2.20. The Bertz CT molecular complexity index is 565. The molecule has 1 fully saturated rings. The fourth-order valence-corrected chi connectivity index (χ4v) is 2.73. The second-order valence-electron chi connectivity index (χ2n) is 6.33. The summed E-state index contributed by atoms with van der Waals surface area (Å²) in [5, 5.41) is 0. The van der Waals surface area contributed by atoms with E-state index in [1.54, 1.807) is 0 Å². The van der Waals surface area contributed by atoms with E-state index >= 15 is 0 Å². The van der Waals surface area contributed by atoms with Crippen LogP contribution in [0.4, 0.5) is 0 Å². The summed E-state index contributed by atoms with van der Waals surface area (Å²) < 4.78 is 22.0. The molecule has 0 spiro atoms. The lowest BCUT2D eigenvalue weighted by Gasteiger charge is -2.22. The van der Waals surface area contributed by atoms with Gasteiger partial charge < -0.3 is 18.9 Å². The third-order valence-corrected chi connectivity index (χ3v) is 4.00. The highest BCUT2D eigenvalue weighted by molar-refractivity contribution is 5.94. The summed E-state index contributed by atoms with van der Waals surface area (Å²) in [6, 6.07) is 7.80. The van der Waals surface area contributed by atoms with Gasteiger partial charge in [-0.3, -0.25) is 9.59 Å². The molecule has 6 heteroatoms. The molecule has 1 aromatic carbocycles. The van der Waals surface area contributed by atoms with Crippen molar-refractivity contribution in [2.75, 3.05) is 26.4 Å². The molecule has 26 heavy (non-hydrogen) atoms. The molecule has 2 rings (SSSR count). The van der Waals surface area contributed by atoms with Crippen LogP contribution in [0.3, 0.4) is 0 Å². The van der Waals surface area contributed by atoms with E-state index in [-0.39, 0.29) is 31.7 Å². The maximum Gasteiger partial charge on any atom is 0.313 e. The number of esters is 1. The molecular formula is C20H28O6. The van der Waals surface area contributed by atoms with E-state index < -0.39 is 5.97 Å². The van der Waals surface area contributed by atoms with Crippen LogP contribution < -0.4 is 4.74 Å². The van der Waals surface area contributed by atoms with Gasteiger partial charge in [0.05, 0.1) is 6.61 Å². The van der Waals surface area contributed by atoms with Crippen LogP contribution in [0.1, 0.15) is 44.6 Å². The third kappa shape index (κ3) is 7.97. The van der Waals surface area contributed by atoms with E-state index in [0.29, 0.717) is 6.61 Å². The largest absolute Gasteiger partial charge is 0.490 e. The van der Waals surface area contributed by atoms with Crippen molar-refractivity contribution in [2.24, 2.45) is 0 Å². The van der Waals surface area contributed by atoms with Crippen molar-refractivity contribution < 1.29 is 28.5 Å². The zero-order chi connectivity index (χ0) is 18.6. The van der Waals surface area contributed by atoms with Crippen LogP contribution in [0.15, 0.2) is 24.3 Å². The molecule has 1 aromatic rings. The van der Waals surface area contributed by atoms with E-state index in [9.17, 15) is 9.59 Å². The summed E-state index contributed by atoms with van der Waals surface area (Å²) in [5.41, 5.74) is 1.09. The molecule has 0 N–H and O–H groups in total. The molecule has 144 valence electrons. The molecule has 0 radical (unpaired) electrons. The minimum atomic E-state index is -0.517. The Kier molecular flexibility index (Phi) is 9.14. The zero-order valence-corrected chi connectivity index (χ0v) is 15.4. The van der Waals surface area contributed by atoms with Gasteiger partial charge in [0.15, 0.2) is 6.29 Å². The van der Waals surface area contributed by atoms with E-state index in [4.69, 9.17) is 18.9 Å². The zero-order valence-electron chi connectivity index (χ0n) is 15.4. The van der Waals surface area contributed by atoms with Gasteiger partial charge in [0, 0.05) is 6.61 Å². The Morgan fingerprint density at radius 2 is 2.00 bits per heavy atom. The number of ether oxygens (including phenoxy) is 4. The van der Waals surface area contributed by atoms with Crippen molar-refractivity contribution >= 4 is 11.8 Å². The quantitative estimate of drug-likeness (QED) is 0.341. The standard InChI is InChI=1S/C20H28O6/c1-16(21)15-19(22)24-14-13-23-18-9-3-2-7-17(18)8-6-12-26-20-10-4-5-11-25-20/h2-3,7,9,20H,4-6,8,10-15H2,1H3. The van der Waals surface area contributed by atoms with Gasteiger partial charge >= 0.3 is 5.97 Å². The average molecular weight is 364 g/mol. The number of rotatable bonds is 11. The molecule has 1 saturated heterocycles. The van der Waals surface area contributed by atoms with E-state index in [1.807, 2.05) is 24.3 Å². The van der Waals surface area contributed by atoms with Crippen molar-refractivity contribution in [3.8, 4) is 5.75 Å². The summed E-state index contributed by atoms with van der Waals surface area (Å²) >= 11 is 0. The fourth-order valence-electron chi connectivity index (χ4n) is 2.73. The first-order valence-corrected chi connectivity index (χ1v) is 9.24. The van der Waals surface area contributed by atoms with Crippen molar-refractivity contribution in [3.63, 3.8) is 0 Å². The van der Waals surface area contributed by atoms with E-state index in [1.165, 1.54) is 13.3 Å². The van der Waals surface area contributed by atoms with Gasteiger partial charge in [-0.15, -0.1) is 0 Å². The van der Waals surface area contributed by atoms with Crippen molar-refractivity contribution in [3.05, 3.63) is 29.8 Å². The topological polar surface area (TPSA) is 71.1 Å². The maximum absolute atomic E-state index is 11.3. The molecule has 0 amide bonds. The molecule has 0 aromatic heterocycles. The highest BCUT2D eigenvalue weighted by Gasteiger charge is 2.13. The molecule has 6 nitrogen and oxygen atoms in total. The van der Waals surface area contributed by atoms with Gasteiger partial charge in [-0.25, -0.2) is 0 Å². The maximum atomic E-state index is 11.3. The van der Waals surface area contributed by atoms with Gasteiger partial charge in [0.2, 0.25) is 0 Å². The van der Waals surface area contributed by atoms with Gasteiger partial charge in [-0.05, 0) is 50.7 Å². The molecule has 1 aliphatic heterocycles. The van der Waals surface area contributed by atoms with E-state index in [2.05, 4.69) is 0 Å². The number of ketones is 1. The second-order valence-corrected chi connectivity index (χ2v) is 6.33. The van der Waals surface area contributed by atoms with Crippen molar-refractivity contribution in [1.29, 1.82) is 0 Å². The molecule has 0 bridgehead atoms. The smallest absolute Gasteiger partial charge is 0.313 e. The molecule has 1 unspecified atom stereocenters. The summed E-state index contributed by atoms with van der Waals surface area (Å²) in [6.07, 6.45) is 4.73. The first-order chi connectivity index (χ1) is 12.6. The molecular weight excluding hydrogens is 336 g/mol. The summed E-state index contributed by atoms with van der Waals surface area (Å²) in [5.74, 6) is 0.0580. The van der Waals surface area contributed by atoms with Crippen molar-refractivity contribution in [1.82, 2.24) is 0 Å². The predicted molar refractivity (Wildman–Crippen MR) is 96.1 cm³/mol. The van der Waals surface area contributed by atoms with Crippen LogP contribution in [0.2, 0.25) is 0 Å². The van der Waals surface area contributed by atoms with Crippen LogP contribution in [-0.4, -0.2) is 44.5 Å². The molecule has 0 aliphatic carbocycles. The predicted octanol–water partition coefficient (Wildman–Crippen LogP) is 3.06. The van der Waals surface area contributed by atoms with Crippen LogP contribution >= 0.6 is 0 Å². The lowest BCUT2D eigenvalue weighted by molar-refractivity contribution is -0.162. The van der Waals surface area contributed by atoms with E-state index in [0.717, 1.165) is 43.6 Å². The number of Topliss-reactive ketones (excluding diaryl/α,β-unsaturated/α-hetero) is 1.